The molecule has 162 valence electrons. The summed E-state index contributed by atoms with van der Waals surface area (Å²) < 4.78 is 54.4. The molecule has 0 aliphatic heterocycles. The van der Waals surface area contributed by atoms with Gasteiger partial charge in [0.15, 0.2) is 11.0 Å². The highest BCUT2D eigenvalue weighted by Crippen LogP contribution is 2.36. The number of hydrogen-bond donors (Lipinski definition) is 1. The van der Waals surface area contributed by atoms with E-state index < -0.39 is 23.5 Å². The minimum atomic E-state index is -4.67. The van der Waals surface area contributed by atoms with Gasteiger partial charge < -0.3 is 5.32 Å². The molecule has 0 unspecified atom stereocenters. The number of alkyl halides is 3. The summed E-state index contributed by atoms with van der Waals surface area (Å²) in [5.41, 5.74) is -0.808. The molecule has 5 nitrogen and oxygen atoms in total. The van der Waals surface area contributed by atoms with Gasteiger partial charge in [-0.05, 0) is 42.5 Å². The highest BCUT2D eigenvalue weighted by molar-refractivity contribution is 7.99. The zero-order valence-electron chi connectivity index (χ0n) is 15.8. The number of nitrogens with one attached hydrogen (secondary N) is 1. The summed E-state index contributed by atoms with van der Waals surface area (Å²) in [6.07, 6.45) is -3.07. The molecule has 0 aliphatic rings. The SMILES string of the molecule is C=CCn1c(SCC(=O)Nc2ccc(Cl)cc2C(F)(F)F)nnc1-c1ccc(F)cc1. The van der Waals surface area contributed by atoms with Crippen molar-refractivity contribution >= 4 is 35.0 Å². The number of anilines is 1. The number of nitrogens with zero attached hydrogens (tertiary/aromatic N) is 3. The van der Waals surface area contributed by atoms with Crippen molar-refractivity contribution in [1.29, 1.82) is 0 Å². The average molecular weight is 471 g/mol. The monoisotopic (exact) mass is 470 g/mol. The van der Waals surface area contributed by atoms with Gasteiger partial charge in [0.2, 0.25) is 5.91 Å². The Kier molecular flexibility index (Phi) is 7.01. The first-order valence-corrected chi connectivity index (χ1v) is 10.1. The predicted molar refractivity (Wildman–Crippen MR) is 111 cm³/mol. The van der Waals surface area contributed by atoms with Gasteiger partial charge in [-0.25, -0.2) is 4.39 Å². The number of amides is 1. The lowest BCUT2D eigenvalue weighted by atomic mass is 10.1. The van der Waals surface area contributed by atoms with Crippen molar-refractivity contribution in [3.05, 3.63) is 71.5 Å². The third-order valence-electron chi connectivity index (χ3n) is 4.02. The molecule has 0 fully saturated rings. The molecule has 31 heavy (non-hydrogen) atoms. The number of carbonyl (C=O) groups is 1. The number of hydrogen-bond acceptors (Lipinski definition) is 4. The molecule has 0 spiro atoms. The molecule has 0 aliphatic carbocycles. The van der Waals surface area contributed by atoms with Crippen molar-refractivity contribution in [3.63, 3.8) is 0 Å². The lowest BCUT2D eigenvalue weighted by Crippen LogP contribution is -2.18. The van der Waals surface area contributed by atoms with Crippen molar-refractivity contribution in [2.45, 2.75) is 17.9 Å². The van der Waals surface area contributed by atoms with Gasteiger partial charge in [0.05, 0.1) is 17.0 Å². The van der Waals surface area contributed by atoms with Crippen LogP contribution in [0.3, 0.4) is 0 Å². The smallest absolute Gasteiger partial charge is 0.325 e. The fourth-order valence-electron chi connectivity index (χ4n) is 2.68. The molecule has 0 saturated heterocycles. The highest BCUT2D eigenvalue weighted by Gasteiger charge is 2.34. The lowest BCUT2D eigenvalue weighted by molar-refractivity contribution is -0.137. The molecule has 3 rings (SSSR count). The number of halogens is 5. The lowest BCUT2D eigenvalue weighted by Gasteiger charge is -2.14. The second-order valence-corrected chi connectivity index (χ2v) is 7.62. The standard InChI is InChI=1S/C20H15ClF4N4OS/c1-2-9-29-18(12-3-6-14(22)7-4-12)27-28-19(29)31-11-17(30)26-16-8-5-13(21)10-15(16)20(23,24)25/h2-8,10H,1,9,11H2,(H,26,30). The molecule has 1 amide bonds. The van der Waals surface area contributed by atoms with Gasteiger partial charge >= 0.3 is 6.18 Å². The van der Waals surface area contributed by atoms with Crippen LogP contribution in [0.5, 0.6) is 0 Å². The Morgan fingerprint density at radius 2 is 1.90 bits per heavy atom. The van der Waals surface area contributed by atoms with Gasteiger partial charge in [0, 0.05) is 17.1 Å². The zero-order chi connectivity index (χ0) is 22.6. The third-order valence-corrected chi connectivity index (χ3v) is 5.23. The molecule has 0 bridgehead atoms. The summed E-state index contributed by atoms with van der Waals surface area (Å²) >= 11 is 6.64. The van der Waals surface area contributed by atoms with E-state index in [1.165, 1.54) is 18.2 Å². The number of carbonyl (C=O) groups excluding carboxylic acids is 1. The van der Waals surface area contributed by atoms with E-state index in [-0.39, 0.29) is 16.5 Å². The first-order chi connectivity index (χ1) is 14.7. The molecule has 11 heteroatoms. The summed E-state index contributed by atoms with van der Waals surface area (Å²) in [6.45, 7) is 3.99. The van der Waals surface area contributed by atoms with E-state index in [1.54, 1.807) is 22.8 Å². The molecule has 0 radical (unpaired) electrons. The molecule has 1 aromatic heterocycles. The van der Waals surface area contributed by atoms with Crippen LogP contribution in [0.2, 0.25) is 5.02 Å². The number of aromatic nitrogens is 3. The maximum Gasteiger partial charge on any atom is 0.418 e. The molecule has 1 N–H and O–H groups in total. The number of rotatable bonds is 7. The fraction of sp³-hybridized carbons (Fsp3) is 0.150. The number of thioether (sulfide) groups is 1. The average Bonchev–Trinajstić information content (AvgIpc) is 3.10. The van der Waals surface area contributed by atoms with E-state index in [2.05, 4.69) is 22.1 Å². The summed E-state index contributed by atoms with van der Waals surface area (Å²) in [4.78, 5) is 12.3. The van der Waals surface area contributed by atoms with E-state index in [0.29, 0.717) is 23.1 Å². The van der Waals surface area contributed by atoms with Crippen molar-refractivity contribution in [3.8, 4) is 11.4 Å². The summed E-state index contributed by atoms with van der Waals surface area (Å²) in [7, 11) is 0. The van der Waals surface area contributed by atoms with Gasteiger partial charge in [0.1, 0.15) is 5.82 Å². The summed E-state index contributed by atoms with van der Waals surface area (Å²) in [5, 5.41) is 10.6. The van der Waals surface area contributed by atoms with Crippen LogP contribution in [-0.4, -0.2) is 26.4 Å². The van der Waals surface area contributed by atoms with Crippen LogP contribution in [0.1, 0.15) is 5.56 Å². The highest BCUT2D eigenvalue weighted by atomic mass is 35.5. The van der Waals surface area contributed by atoms with Gasteiger partial charge in [-0.1, -0.05) is 29.4 Å². The van der Waals surface area contributed by atoms with E-state index in [1.807, 2.05) is 0 Å². The van der Waals surface area contributed by atoms with E-state index >= 15 is 0 Å². The van der Waals surface area contributed by atoms with Crippen LogP contribution in [0.15, 0.2) is 60.3 Å². The number of benzene rings is 2. The number of allylic oxidation sites excluding steroid dienone is 1. The Hall–Kier alpha value is -2.85. The molecular weight excluding hydrogens is 456 g/mol. The summed E-state index contributed by atoms with van der Waals surface area (Å²) in [6, 6.07) is 8.76. The normalized spacial score (nSPS) is 11.4. The van der Waals surface area contributed by atoms with Crippen LogP contribution >= 0.6 is 23.4 Å². The molecule has 0 saturated carbocycles. The van der Waals surface area contributed by atoms with Gasteiger partial charge in [-0.3, -0.25) is 9.36 Å². The largest absolute Gasteiger partial charge is 0.418 e. The van der Waals surface area contributed by atoms with E-state index in [9.17, 15) is 22.4 Å². The van der Waals surface area contributed by atoms with E-state index in [0.717, 1.165) is 23.9 Å². The van der Waals surface area contributed by atoms with E-state index in [4.69, 9.17) is 11.6 Å². The zero-order valence-corrected chi connectivity index (χ0v) is 17.4. The van der Waals surface area contributed by atoms with Gasteiger partial charge in [-0.15, -0.1) is 16.8 Å². The Bertz CT molecular complexity index is 1100. The maximum absolute atomic E-state index is 13.2. The van der Waals surface area contributed by atoms with Gasteiger partial charge in [0.25, 0.3) is 0 Å². The minimum Gasteiger partial charge on any atom is -0.325 e. The Balaban J connectivity index is 1.75. The summed E-state index contributed by atoms with van der Waals surface area (Å²) in [5.74, 6) is -0.821. The Labute approximate surface area is 184 Å². The van der Waals surface area contributed by atoms with Crippen molar-refractivity contribution in [1.82, 2.24) is 14.8 Å². The maximum atomic E-state index is 13.2. The Morgan fingerprint density at radius 1 is 1.19 bits per heavy atom. The second-order valence-electron chi connectivity index (χ2n) is 6.24. The van der Waals surface area contributed by atoms with Crippen LogP contribution in [0.25, 0.3) is 11.4 Å². The molecule has 0 atom stereocenters. The minimum absolute atomic E-state index is 0.0921. The van der Waals surface area contributed by atoms with Crippen LogP contribution in [0, 0.1) is 5.82 Å². The first-order valence-electron chi connectivity index (χ1n) is 8.78. The molecule has 2 aromatic carbocycles. The quantitative estimate of drug-likeness (QED) is 0.274. The van der Waals surface area contributed by atoms with Crippen LogP contribution in [0.4, 0.5) is 23.2 Å². The predicted octanol–water partition coefficient (Wildman–Crippen LogP) is 5.67. The van der Waals surface area contributed by atoms with Crippen molar-refractivity contribution in [2.24, 2.45) is 0 Å². The van der Waals surface area contributed by atoms with Crippen molar-refractivity contribution in [2.75, 3.05) is 11.1 Å². The van der Waals surface area contributed by atoms with Crippen molar-refractivity contribution < 1.29 is 22.4 Å². The second kappa shape index (κ2) is 9.52. The first kappa shape index (κ1) is 22.8. The van der Waals surface area contributed by atoms with Crippen LogP contribution < -0.4 is 5.32 Å². The van der Waals surface area contributed by atoms with Gasteiger partial charge in [-0.2, -0.15) is 13.2 Å². The molecule has 1 heterocycles. The Morgan fingerprint density at radius 3 is 2.55 bits per heavy atom. The molecule has 3 aromatic rings. The third kappa shape index (κ3) is 5.65. The molecular formula is C20H15ClF4N4OS. The topological polar surface area (TPSA) is 59.8 Å². The van der Waals surface area contributed by atoms with Crippen LogP contribution in [-0.2, 0) is 17.5 Å². The fourth-order valence-corrected chi connectivity index (χ4v) is 3.60.